The largest absolute Gasteiger partial charge is 0.351 e. The molecular formula is C13H13N3O. The lowest BCUT2D eigenvalue weighted by Gasteiger charge is -2.20. The van der Waals surface area contributed by atoms with E-state index < -0.39 is 6.03 Å². The van der Waals surface area contributed by atoms with Crippen LogP contribution in [0.1, 0.15) is 5.56 Å². The van der Waals surface area contributed by atoms with E-state index in [1.165, 1.54) is 4.90 Å². The molecule has 0 bridgehead atoms. The zero-order valence-electron chi connectivity index (χ0n) is 9.28. The standard InChI is InChI=1S/C13H13N3O/c14-13(17)16(12-6-2-1-3-7-12)10-11-5-4-8-15-9-11/h1-9H,10H2,(H2,14,17). The molecule has 2 rings (SSSR count). The number of para-hydroxylation sites is 1. The second kappa shape index (κ2) is 5.12. The predicted molar refractivity (Wildman–Crippen MR) is 66.4 cm³/mol. The molecule has 1 aromatic heterocycles. The first-order valence-electron chi connectivity index (χ1n) is 5.28. The summed E-state index contributed by atoms with van der Waals surface area (Å²) in [7, 11) is 0. The number of anilines is 1. The topological polar surface area (TPSA) is 59.2 Å². The number of primary amides is 1. The summed E-state index contributed by atoms with van der Waals surface area (Å²) in [5.41, 5.74) is 7.10. The third-order valence-electron chi connectivity index (χ3n) is 2.40. The third-order valence-corrected chi connectivity index (χ3v) is 2.40. The number of benzene rings is 1. The summed E-state index contributed by atoms with van der Waals surface area (Å²) in [4.78, 5) is 17.0. The van der Waals surface area contributed by atoms with Gasteiger partial charge < -0.3 is 5.73 Å². The SMILES string of the molecule is NC(=O)N(Cc1cccnc1)c1ccccc1. The average Bonchev–Trinajstić information content (AvgIpc) is 2.38. The smallest absolute Gasteiger partial charge is 0.319 e. The fourth-order valence-corrected chi connectivity index (χ4v) is 1.58. The van der Waals surface area contributed by atoms with Gasteiger partial charge in [0.15, 0.2) is 0 Å². The molecule has 0 radical (unpaired) electrons. The number of urea groups is 1. The van der Waals surface area contributed by atoms with Gasteiger partial charge in [-0.15, -0.1) is 0 Å². The molecule has 0 saturated heterocycles. The Morgan fingerprint density at radius 1 is 1.18 bits per heavy atom. The van der Waals surface area contributed by atoms with Crippen LogP contribution in [-0.4, -0.2) is 11.0 Å². The molecular weight excluding hydrogens is 214 g/mol. The van der Waals surface area contributed by atoms with Crippen LogP contribution >= 0.6 is 0 Å². The number of carbonyl (C=O) groups excluding carboxylic acids is 1. The first-order valence-corrected chi connectivity index (χ1v) is 5.28. The predicted octanol–water partition coefficient (Wildman–Crippen LogP) is 2.17. The monoisotopic (exact) mass is 227 g/mol. The summed E-state index contributed by atoms with van der Waals surface area (Å²) in [5, 5.41) is 0. The van der Waals surface area contributed by atoms with Crippen molar-refractivity contribution in [3.05, 3.63) is 60.4 Å². The highest BCUT2D eigenvalue weighted by Crippen LogP contribution is 2.15. The van der Waals surface area contributed by atoms with Gasteiger partial charge in [-0.3, -0.25) is 9.88 Å². The number of amides is 2. The molecule has 0 saturated carbocycles. The van der Waals surface area contributed by atoms with E-state index in [0.29, 0.717) is 6.54 Å². The van der Waals surface area contributed by atoms with E-state index in [2.05, 4.69) is 4.98 Å². The van der Waals surface area contributed by atoms with Crippen LogP contribution in [-0.2, 0) is 6.54 Å². The zero-order valence-corrected chi connectivity index (χ0v) is 9.28. The second-order valence-corrected chi connectivity index (χ2v) is 3.62. The van der Waals surface area contributed by atoms with Gasteiger partial charge >= 0.3 is 6.03 Å². The summed E-state index contributed by atoms with van der Waals surface area (Å²) in [6.07, 6.45) is 3.42. The molecule has 1 heterocycles. The van der Waals surface area contributed by atoms with Crippen molar-refractivity contribution in [1.82, 2.24) is 4.98 Å². The molecule has 0 fully saturated rings. The second-order valence-electron chi connectivity index (χ2n) is 3.62. The van der Waals surface area contributed by atoms with E-state index in [0.717, 1.165) is 11.3 Å². The number of aromatic nitrogens is 1. The van der Waals surface area contributed by atoms with E-state index in [4.69, 9.17) is 5.73 Å². The molecule has 0 aliphatic rings. The summed E-state index contributed by atoms with van der Waals surface area (Å²) in [6, 6.07) is 12.6. The van der Waals surface area contributed by atoms with E-state index >= 15 is 0 Å². The highest BCUT2D eigenvalue weighted by Gasteiger charge is 2.12. The Morgan fingerprint density at radius 2 is 1.94 bits per heavy atom. The van der Waals surface area contributed by atoms with E-state index in [1.54, 1.807) is 12.4 Å². The molecule has 1 aromatic carbocycles. The first-order chi connectivity index (χ1) is 8.27. The van der Waals surface area contributed by atoms with Crippen LogP contribution in [0.4, 0.5) is 10.5 Å². The number of pyridine rings is 1. The number of rotatable bonds is 3. The maximum absolute atomic E-state index is 11.4. The van der Waals surface area contributed by atoms with Gasteiger partial charge in [-0.25, -0.2) is 4.79 Å². The normalized spacial score (nSPS) is 9.88. The van der Waals surface area contributed by atoms with Crippen molar-refractivity contribution in [2.75, 3.05) is 4.90 Å². The van der Waals surface area contributed by atoms with Gasteiger partial charge in [0.25, 0.3) is 0 Å². The van der Waals surface area contributed by atoms with Crippen molar-refractivity contribution < 1.29 is 4.79 Å². The van der Waals surface area contributed by atoms with Crippen molar-refractivity contribution in [2.24, 2.45) is 5.73 Å². The maximum atomic E-state index is 11.4. The number of nitrogens with two attached hydrogens (primary N) is 1. The minimum atomic E-state index is -0.472. The molecule has 0 aliphatic heterocycles. The zero-order chi connectivity index (χ0) is 12.1. The van der Waals surface area contributed by atoms with Crippen molar-refractivity contribution in [3.63, 3.8) is 0 Å². The molecule has 0 spiro atoms. The van der Waals surface area contributed by atoms with E-state index in [1.807, 2.05) is 42.5 Å². The van der Waals surface area contributed by atoms with Gasteiger partial charge in [0.2, 0.25) is 0 Å². The number of hydrogen-bond donors (Lipinski definition) is 1. The molecule has 0 atom stereocenters. The van der Waals surface area contributed by atoms with E-state index in [-0.39, 0.29) is 0 Å². The summed E-state index contributed by atoms with van der Waals surface area (Å²) >= 11 is 0. The molecule has 2 aromatic rings. The summed E-state index contributed by atoms with van der Waals surface area (Å²) in [6.45, 7) is 0.424. The Labute approximate surface area is 99.7 Å². The van der Waals surface area contributed by atoms with Crippen LogP contribution in [0.3, 0.4) is 0 Å². The van der Waals surface area contributed by atoms with Gasteiger partial charge in [0, 0.05) is 18.1 Å². The lowest BCUT2D eigenvalue weighted by atomic mass is 10.2. The number of carbonyl (C=O) groups is 1. The van der Waals surface area contributed by atoms with Crippen LogP contribution in [0, 0.1) is 0 Å². The third kappa shape index (κ3) is 2.81. The lowest BCUT2D eigenvalue weighted by molar-refractivity contribution is 0.253. The maximum Gasteiger partial charge on any atom is 0.319 e. The number of nitrogens with zero attached hydrogens (tertiary/aromatic N) is 2. The molecule has 4 heteroatoms. The minimum absolute atomic E-state index is 0.424. The molecule has 2 amide bonds. The minimum Gasteiger partial charge on any atom is -0.351 e. The van der Waals surface area contributed by atoms with Gasteiger partial charge in [0.05, 0.1) is 6.54 Å². The molecule has 86 valence electrons. The van der Waals surface area contributed by atoms with Gasteiger partial charge in [-0.05, 0) is 23.8 Å². The summed E-state index contributed by atoms with van der Waals surface area (Å²) < 4.78 is 0. The van der Waals surface area contributed by atoms with Crippen molar-refractivity contribution in [3.8, 4) is 0 Å². The average molecular weight is 227 g/mol. The molecule has 2 N–H and O–H groups in total. The van der Waals surface area contributed by atoms with Crippen LogP contribution in [0.25, 0.3) is 0 Å². The van der Waals surface area contributed by atoms with Gasteiger partial charge in [-0.2, -0.15) is 0 Å². The Morgan fingerprint density at radius 3 is 2.53 bits per heavy atom. The van der Waals surface area contributed by atoms with Crippen LogP contribution in [0.2, 0.25) is 0 Å². The Hall–Kier alpha value is -2.36. The van der Waals surface area contributed by atoms with E-state index in [9.17, 15) is 4.79 Å². The first kappa shape index (κ1) is 11.1. The van der Waals surface area contributed by atoms with Gasteiger partial charge in [-0.1, -0.05) is 24.3 Å². The quantitative estimate of drug-likeness (QED) is 0.873. The van der Waals surface area contributed by atoms with Crippen molar-refractivity contribution in [1.29, 1.82) is 0 Å². The molecule has 17 heavy (non-hydrogen) atoms. The van der Waals surface area contributed by atoms with Crippen LogP contribution in [0.15, 0.2) is 54.9 Å². The Balaban J connectivity index is 2.23. The fraction of sp³-hybridized carbons (Fsp3) is 0.0769. The Kier molecular flexibility index (Phi) is 3.35. The molecule has 0 aliphatic carbocycles. The fourth-order valence-electron chi connectivity index (χ4n) is 1.58. The summed E-state index contributed by atoms with van der Waals surface area (Å²) in [5.74, 6) is 0. The highest BCUT2D eigenvalue weighted by atomic mass is 16.2. The van der Waals surface area contributed by atoms with Gasteiger partial charge in [0.1, 0.15) is 0 Å². The van der Waals surface area contributed by atoms with Crippen LogP contribution < -0.4 is 10.6 Å². The number of hydrogen-bond acceptors (Lipinski definition) is 2. The lowest BCUT2D eigenvalue weighted by Crippen LogP contribution is -2.35. The molecule has 4 nitrogen and oxygen atoms in total. The highest BCUT2D eigenvalue weighted by molar-refractivity contribution is 5.90. The Bertz CT molecular complexity index is 485. The molecule has 0 unspecified atom stereocenters. The van der Waals surface area contributed by atoms with Crippen molar-refractivity contribution in [2.45, 2.75) is 6.54 Å². The van der Waals surface area contributed by atoms with Crippen LogP contribution in [0.5, 0.6) is 0 Å². The van der Waals surface area contributed by atoms with Crippen molar-refractivity contribution >= 4 is 11.7 Å².